The highest BCUT2D eigenvalue weighted by Gasteiger charge is 1.93. The highest BCUT2D eigenvalue weighted by molar-refractivity contribution is 7.79. The first-order valence-electron chi connectivity index (χ1n) is 4.80. The average molecular weight is 198 g/mol. The van der Waals surface area contributed by atoms with Gasteiger partial charge < -0.3 is 0 Å². The van der Waals surface area contributed by atoms with Crippen molar-refractivity contribution in [3.8, 4) is 0 Å². The topological polar surface area (TPSA) is 0 Å². The summed E-state index contributed by atoms with van der Waals surface area (Å²) in [6, 6.07) is 10.5. The molecule has 0 N–H and O–H groups in total. The molecule has 0 unspecified atom stereocenters. The first-order chi connectivity index (χ1) is 6.30. The molecule has 76 valence electrons. The monoisotopic (exact) mass is 198 g/mol. The van der Waals surface area contributed by atoms with Crippen molar-refractivity contribution in [2.45, 2.75) is 33.6 Å². The van der Waals surface area contributed by atoms with Crippen molar-refractivity contribution in [2.75, 3.05) is 6.26 Å². The molecule has 0 aliphatic carbocycles. The van der Waals surface area contributed by atoms with Gasteiger partial charge in [0.1, 0.15) is 0 Å². The molecule has 13 heavy (non-hydrogen) atoms. The molecule has 0 saturated heterocycles. The van der Waals surface area contributed by atoms with E-state index in [1.54, 1.807) is 6.26 Å². The van der Waals surface area contributed by atoms with Gasteiger partial charge in [-0.3, -0.25) is 0 Å². The Kier molecular flexibility index (Phi) is 13.4. The fourth-order valence-electron chi connectivity index (χ4n) is 0.838. The Hall–Kier alpha value is -0.430. The number of thiol groups is 1. The van der Waals surface area contributed by atoms with Crippen LogP contribution in [0.2, 0.25) is 0 Å². The van der Waals surface area contributed by atoms with Crippen molar-refractivity contribution in [1.82, 2.24) is 0 Å². The number of hydrogen-bond donors (Lipinski definition) is 1. The van der Waals surface area contributed by atoms with Gasteiger partial charge in [-0.05, 0) is 17.7 Å². The SMILES string of the molecule is CC.CC(C)c1ccccc1.CS. The Morgan fingerprint density at radius 3 is 1.54 bits per heavy atom. The van der Waals surface area contributed by atoms with E-state index in [1.807, 2.05) is 19.9 Å². The number of rotatable bonds is 1. The molecule has 0 aliphatic rings. The summed E-state index contributed by atoms with van der Waals surface area (Å²) < 4.78 is 0. The van der Waals surface area contributed by atoms with E-state index in [0.29, 0.717) is 5.92 Å². The van der Waals surface area contributed by atoms with E-state index < -0.39 is 0 Å². The van der Waals surface area contributed by atoms with Crippen molar-refractivity contribution >= 4 is 12.6 Å². The summed E-state index contributed by atoms with van der Waals surface area (Å²) in [5, 5.41) is 0. The van der Waals surface area contributed by atoms with Crippen LogP contribution in [-0.2, 0) is 0 Å². The molecule has 0 saturated carbocycles. The van der Waals surface area contributed by atoms with Crippen LogP contribution < -0.4 is 0 Å². The van der Waals surface area contributed by atoms with Gasteiger partial charge in [-0.25, -0.2) is 0 Å². The second-order valence-corrected chi connectivity index (χ2v) is 2.57. The Morgan fingerprint density at radius 1 is 0.923 bits per heavy atom. The first-order valence-corrected chi connectivity index (χ1v) is 5.70. The van der Waals surface area contributed by atoms with Gasteiger partial charge >= 0.3 is 0 Å². The molecule has 0 atom stereocenters. The molecular weight excluding hydrogens is 176 g/mol. The third-order valence-electron chi connectivity index (χ3n) is 1.47. The quantitative estimate of drug-likeness (QED) is 0.636. The third-order valence-corrected chi connectivity index (χ3v) is 1.47. The predicted molar refractivity (Wildman–Crippen MR) is 66.8 cm³/mol. The van der Waals surface area contributed by atoms with Crippen LogP contribution in [-0.4, -0.2) is 6.26 Å². The first kappa shape index (κ1) is 15.1. The van der Waals surface area contributed by atoms with E-state index in [0.717, 1.165) is 0 Å². The zero-order valence-electron chi connectivity index (χ0n) is 9.41. The molecular formula is C12H22S. The summed E-state index contributed by atoms with van der Waals surface area (Å²) in [6.45, 7) is 8.41. The Morgan fingerprint density at radius 2 is 1.31 bits per heavy atom. The molecule has 0 spiro atoms. The zero-order valence-corrected chi connectivity index (χ0v) is 10.3. The predicted octanol–water partition coefficient (Wildman–Crippen LogP) is 4.38. The minimum atomic E-state index is 0.659. The van der Waals surface area contributed by atoms with Crippen LogP contribution in [0, 0.1) is 0 Å². The second kappa shape index (κ2) is 11.6. The molecule has 1 aromatic rings. The summed E-state index contributed by atoms with van der Waals surface area (Å²) in [5.74, 6) is 0.659. The molecule has 1 aromatic carbocycles. The van der Waals surface area contributed by atoms with E-state index in [-0.39, 0.29) is 0 Å². The van der Waals surface area contributed by atoms with Crippen LogP contribution in [0.15, 0.2) is 30.3 Å². The largest absolute Gasteiger partial charge is 0.183 e. The maximum absolute atomic E-state index is 3.53. The van der Waals surface area contributed by atoms with Crippen molar-refractivity contribution < 1.29 is 0 Å². The summed E-state index contributed by atoms with van der Waals surface area (Å²) in [4.78, 5) is 0. The Labute approximate surface area is 88.8 Å². The van der Waals surface area contributed by atoms with Gasteiger partial charge in [-0.1, -0.05) is 58.0 Å². The number of hydrogen-bond acceptors (Lipinski definition) is 1. The summed E-state index contributed by atoms with van der Waals surface area (Å²) in [5.41, 5.74) is 1.41. The number of benzene rings is 1. The molecule has 0 aromatic heterocycles. The third kappa shape index (κ3) is 7.92. The second-order valence-electron chi connectivity index (χ2n) is 2.57. The van der Waals surface area contributed by atoms with E-state index in [1.165, 1.54) is 5.56 Å². The van der Waals surface area contributed by atoms with Crippen molar-refractivity contribution in [1.29, 1.82) is 0 Å². The van der Waals surface area contributed by atoms with Crippen LogP contribution >= 0.6 is 12.6 Å². The smallest absolute Gasteiger partial charge is 0.0215 e. The highest BCUT2D eigenvalue weighted by Crippen LogP contribution is 2.11. The van der Waals surface area contributed by atoms with Crippen LogP contribution in [0.1, 0.15) is 39.2 Å². The molecule has 0 amide bonds. The lowest BCUT2D eigenvalue weighted by Gasteiger charge is -2.01. The summed E-state index contributed by atoms with van der Waals surface area (Å²) >= 11 is 3.53. The van der Waals surface area contributed by atoms with Crippen molar-refractivity contribution in [2.24, 2.45) is 0 Å². The highest BCUT2D eigenvalue weighted by atomic mass is 32.1. The molecule has 0 fully saturated rings. The fraction of sp³-hybridized carbons (Fsp3) is 0.500. The van der Waals surface area contributed by atoms with Crippen LogP contribution in [0.3, 0.4) is 0 Å². The van der Waals surface area contributed by atoms with Crippen molar-refractivity contribution in [3.05, 3.63) is 35.9 Å². The normalized spacial score (nSPS) is 7.92. The van der Waals surface area contributed by atoms with Gasteiger partial charge in [0.2, 0.25) is 0 Å². The summed E-state index contributed by atoms with van der Waals surface area (Å²) in [7, 11) is 0. The fourth-order valence-corrected chi connectivity index (χ4v) is 0.838. The van der Waals surface area contributed by atoms with Gasteiger partial charge in [-0.15, -0.1) is 0 Å². The van der Waals surface area contributed by atoms with Gasteiger partial charge in [0.25, 0.3) is 0 Å². The maximum Gasteiger partial charge on any atom is -0.0215 e. The van der Waals surface area contributed by atoms with Gasteiger partial charge in [0, 0.05) is 0 Å². The standard InChI is InChI=1S/C9H12.C2H6.CH4S/c1-8(2)9-6-4-3-5-7-9;2*1-2/h3-8H,1-2H3;1-2H3;2H,1H3. The van der Waals surface area contributed by atoms with E-state index >= 15 is 0 Å². The van der Waals surface area contributed by atoms with Crippen LogP contribution in [0.4, 0.5) is 0 Å². The minimum Gasteiger partial charge on any atom is -0.183 e. The van der Waals surface area contributed by atoms with Gasteiger partial charge in [-0.2, -0.15) is 12.6 Å². The molecule has 1 heteroatoms. The molecule has 0 nitrogen and oxygen atoms in total. The lowest BCUT2D eigenvalue weighted by Crippen LogP contribution is -1.83. The molecule has 0 radical (unpaired) electrons. The molecule has 1 rings (SSSR count). The Balaban J connectivity index is 0. The molecule has 0 bridgehead atoms. The van der Waals surface area contributed by atoms with E-state index in [4.69, 9.17) is 0 Å². The minimum absolute atomic E-state index is 0.659. The molecule has 0 heterocycles. The summed E-state index contributed by atoms with van der Waals surface area (Å²) in [6.07, 6.45) is 1.69. The molecule has 0 aliphatic heterocycles. The lowest BCUT2D eigenvalue weighted by molar-refractivity contribution is 0.867. The Bertz CT molecular complexity index is 168. The lowest BCUT2D eigenvalue weighted by atomic mass is 10.0. The van der Waals surface area contributed by atoms with E-state index in [2.05, 4.69) is 50.7 Å². The van der Waals surface area contributed by atoms with Crippen molar-refractivity contribution in [3.63, 3.8) is 0 Å². The van der Waals surface area contributed by atoms with Crippen LogP contribution in [0.25, 0.3) is 0 Å². The maximum atomic E-state index is 3.53. The zero-order chi connectivity index (χ0) is 10.7. The van der Waals surface area contributed by atoms with Gasteiger partial charge in [0.05, 0.1) is 0 Å². The van der Waals surface area contributed by atoms with Crippen LogP contribution in [0.5, 0.6) is 0 Å². The van der Waals surface area contributed by atoms with E-state index in [9.17, 15) is 0 Å². The van der Waals surface area contributed by atoms with Gasteiger partial charge in [0.15, 0.2) is 0 Å². The average Bonchev–Trinajstić information content (AvgIpc) is 2.25.